The molecule has 0 aliphatic rings. The molecule has 20 heavy (non-hydrogen) atoms. The Kier molecular flexibility index (Phi) is 4.83. The summed E-state index contributed by atoms with van der Waals surface area (Å²) < 4.78 is 49.6. The van der Waals surface area contributed by atoms with Crippen molar-refractivity contribution < 1.29 is 32.5 Å². The van der Waals surface area contributed by atoms with Crippen LogP contribution in [0.25, 0.3) is 0 Å². The van der Waals surface area contributed by atoms with Gasteiger partial charge in [0, 0.05) is 11.6 Å². The minimum atomic E-state index is -4.12. The highest BCUT2D eigenvalue weighted by Gasteiger charge is 2.49. The van der Waals surface area contributed by atoms with Gasteiger partial charge in [-0.2, -0.15) is 8.78 Å². The number of aromatic hydroxyl groups is 1. The molecule has 112 valence electrons. The van der Waals surface area contributed by atoms with Crippen molar-refractivity contribution in [3.05, 3.63) is 23.5 Å². The summed E-state index contributed by atoms with van der Waals surface area (Å²) in [7, 11) is 1.12. The Morgan fingerprint density at radius 3 is 2.60 bits per heavy atom. The van der Waals surface area contributed by atoms with Crippen LogP contribution < -0.4 is 10.5 Å². The molecular weight excluding hydrogens is 279 g/mol. The van der Waals surface area contributed by atoms with Gasteiger partial charge in [0.05, 0.1) is 13.7 Å². The number of phenolic OH excluding ortho intramolecular Hbond substituents is 1. The van der Waals surface area contributed by atoms with Crippen molar-refractivity contribution in [2.75, 3.05) is 13.7 Å². The number of rotatable bonds is 5. The Morgan fingerprint density at radius 1 is 1.50 bits per heavy atom. The summed E-state index contributed by atoms with van der Waals surface area (Å²) in [4.78, 5) is 11.2. The predicted octanol–water partition coefficient (Wildman–Crippen LogP) is 1.74. The van der Waals surface area contributed by atoms with Crippen LogP contribution in [0.15, 0.2) is 12.1 Å². The molecule has 5 nitrogen and oxygen atoms in total. The molecule has 0 aliphatic carbocycles. The number of carbonyl (C=O) groups is 1. The molecule has 1 atom stereocenters. The van der Waals surface area contributed by atoms with Gasteiger partial charge in [0.1, 0.15) is 11.9 Å². The fourth-order valence-corrected chi connectivity index (χ4v) is 1.54. The largest absolute Gasteiger partial charge is 0.504 e. The van der Waals surface area contributed by atoms with Crippen LogP contribution in [-0.4, -0.2) is 30.7 Å². The van der Waals surface area contributed by atoms with Crippen molar-refractivity contribution in [1.29, 1.82) is 0 Å². The van der Waals surface area contributed by atoms with E-state index in [1.54, 1.807) is 0 Å². The van der Waals surface area contributed by atoms with E-state index < -0.39 is 35.1 Å². The van der Waals surface area contributed by atoms with Gasteiger partial charge in [-0.3, -0.25) is 0 Å². The molecule has 0 heterocycles. The van der Waals surface area contributed by atoms with Crippen molar-refractivity contribution in [1.82, 2.24) is 0 Å². The minimum absolute atomic E-state index is 0.264. The quantitative estimate of drug-likeness (QED) is 0.808. The Hall–Kier alpha value is -1.96. The Balaban J connectivity index is 3.23. The number of methoxy groups -OCH3 is 1. The van der Waals surface area contributed by atoms with Crippen molar-refractivity contribution in [2.24, 2.45) is 5.73 Å². The van der Waals surface area contributed by atoms with Crippen LogP contribution in [-0.2, 0) is 9.53 Å². The number of carbonyl (C=O) groups excluding carboxylic acids is 1. The summed E-state index contributed by atoms with van der Waals surface area (Å²) in [5, 5.41) is 9.70. The third kappa shape index (κ3) is 2.96. The first-order chi connectivity index (χ1) is 9.25. The van der Waals surface area contributed by atoms with Gasteiger partial charge in [0.15, 0.2) is 11.5 Å². The summed E-state index contributed by atoms with van der Waals surface area (Å²) in [6.45, 7) is 1.09. The van der Waals surface area contributed by atoms with Crippen molar-refractivity contribution >= 4 is 5.97 Å². The predicted molar refractivity (Wildman–Crippen MR) is 63.1 cm³/mol. The molecule has 0 saturated carbocycles. The molecule has 3 N–H and O–H groups in total. The van der Waals surface area contributed by atoms with E-state index >= 15 is 0 Å². The van der Waals surface area contributed by atoms with Gasteiger partial charge in [0.25, 0.3) is 0 Å². The van der Waals surface area contributed by atoms with Gasteiger partial charge >= 0.3 is 11.9 Å². The first-order valence-electron chi connectivity index (χ1n) is 5.62. The number of ether oxygens (including phenoxy) is 2. The summed E-state index contributed by atoms with van der Waals surface area (Å²) in [5.41, 5.74) is 4.61. The summed E-state index contributed by atoms with van der Waals surface area (Å²) in [5.74, 6) is -8.04. The normalized spacial score (nSPS) is 12.9. The van der Waals surface area contributed by atoms with Crippen molar-refractivity contribution in [3.8, 4) is 11.5 Å². The Bertz CT molecular complexity index is 508. The number of benzene rings is 1. The lowest BCUT2D eigenvalue weighted by molar-refractivity contribution is -0.174. The highest BCUT2D eigenvalue weighted by atomic mass is 19.3. The molecule has 0 fully saturated rings. The van der Waals surface area contributed by atoms with Gasteiger partial charge in [0.2, 0.25) is 0 Å². The van der Waals surface area contributed by atoms with Crippen molar-refractivity contribution in [2.45, 2.75) is 18.9 Å². The van der Waals surface area contributed by atoms with Crippen LogP contribution in [0.2, 0.25) is 0 Å². The lowest BCUT2D eigenvalue weighted by Crippen LogP contribution is -2.41. The molecule has 0 saturated heterocycles. The lowest BCUT2D eigenvalue weighted by Gasteiger charge is -2.23. The maximum atomic E-state index is 13.8. The number of hydrogen-bond acceptors (Lipinski definition) is 5. The van der Waals surface area contributed by atoms with Gasteiger partial charge in [-0.15, -0.1) is 0 Å². The second-order valence-corrected chi connectivity index (χ2v) is 3.87. The molecule has 0 aromatic heterocycles. The fourth-order valence-electron chi connectivity index (χ4n) is 1.54. The van der Waals surface area contributed by atoms with E-state index in [9.17, 15) is 23.1 Å². The van der Waals surface area contributed by atoms with Crippen LogP contribution >= 0.6 is 0 Å². The third-order valence-electron chi connectivity index (χ3n) is 2.56. The average molecular weight is 293 g/mol. The average Bonchev–Trinajstić information content (AvgIpc) is 2.40. The maximum Gasteiger partial charge on any atom is 0.379 e. The SMILES string of the molecule is CCOC(=O)C(F)(F)[C@@H](N)c1cc(F)cc(OC)c1O. The topological polar surface area (TPSA) is 81.8 Å². The molecular formula is C12H14F3NO4. The molecule has 1 aromatic carbocycles. The number of hydrogen-bond donors (Lipinski definition) is 2. The van der Waals surface area contributed by atoms with Gasteiger partial charge < -0.3 is 20.3 Å². The Morgan fingerprint density at radius 2 is 2.10 bits per heavy atom. The highest BCUT2D eigenvalue weighted by Crippen LogP contribution is 2.40. The second-order valence-electron chi connectivity index (χ2n) is 3.87. The lowest BCUT2D eigenvalue weighted by atomic mass is 9.99. The molecule has 0 radical (unpaired) electrons. The third-order valence-corrected chi connectivity index (χ3v) is 2.56. The first kappa shape index (κ1) is 16.1. The van der Waals surface area contributed by atoms with Crippen LogP contribution in [0, 0.1) is 5.82 Å². The molecule has 0 spiro atoms. The zero-order valence-corrected chi connectivity index (χ0v) is 10.8. The number of nitrogens with two attached hydrogens (primary N) is 1. The minimum Gasteiger partial charge on any atom is -0.504 e. The molecule has 0 bridgehead atoms. The number of alkyl halides is 2. The van der Waals surface area contributed by atoms with Crippen LogP contribution in [0.5, 0.6) is 11.5 Å². The number of phenols is 1. The van der Waals surface area contributed by atoms with Gasteiger partial charge in [-0.05, 0) is 13.0 Å². The van der Waals surface area contributed by atoms with E-state index in [2.05, 4.69) is 9.47 Å². The fraction of sp³-hybridized carbons (Fsp3) is 0.417. The summed E-state index contributed by atoms with van der Waals surface area (Å²) in [6, 6.07) is -0.866. The van der Waals surface area contributed by atoms with Gasteiger partial charge in [-0.25, -0.2) is 9.18 Å². The highest BCUT2D eigenvalue weighted by molar-refractivity contribution is 5.79. The van der Waals surface area contributed by atoms with E-state index in [0.717, 1.165) is 13.2 Å². The zero-order chi connectivity index (χ0) is 15.5. The molecule has 0 unspecified atom stereocenters. The number of halogens is 3. The molecule has 0 aliphatic heterocycles. The second kappa shape index (κ2) is 6.00. The maximum absolute atomic E-state index is 13.8. The first-order valence-corrected chi connectivity index (χ1v) is 5.62. The van der Waals surface area contributed by atoms with Crippen LogP contribution in [0.4, 0.5) is 13.2 Å². The van der Waals surface area contributed by atoms with Crippen molar-refractivity contribution in [3.63, 3.8) is 0 Å². The van der Waals surface area contributed by atoms with Gasteiger partial charge in [-0.1, -0.05) is 0 Å². The molecule has 0 amide bonds. The molecule has 1 rings (SSSR count). The standard InChI is InChI=1S/C12H14F3NO4/c1-3-20-11(18)12(14,15)10(16)7-4-6(13)5-8(19-2)9(7)17/h4-5,10,17H,3,16H2,1-2H3/t10-/m0/s1. The summed E-state index contributed by atoms with van der Waals surface area (Å²) >= 11 is 0. The zero-order valence-electron chi connectivity index (χ0n) is 10.8. The van der Waals surface area contributed by atoms with E-state index in [1.165, 1.54) is 6.92 Å². The van der Waals surface area contributed by atoms with Crippen LogP contribution in [0.3, 0.4) is 0 Å². The van der Waals surface area contributed by atoms with E-state index in [-0.39, 0.29) is 12.4 Å². The molecule has 8 heteroatoms. The molecule has 1 aromatic rings. The smallest absolute Gasteiger partial charge is 0.379 e. The van der Waals surface area contributed by atoms with Crippen LogP contribution in [0.1, 0.15) is 18.5 Å². The summed E-state index contributed by atoms with van der Waals surface area (Å²) in [6.07, 6.45) is 0. The Labute approximate surface area is 113 Å². The van der Waals surface area contributed by atoms with E-state index in [4.69, 9.17) is 5.73 Å². The number of esters is 1. The van der Waals surface area contributed by atoms with E-state index in [1.807, 2.05) is 0 Å². The van der Waals surface area contributed by atoms with E-state index in [0.29, 0.717) is 6.07 Å². The monoisotopic (exact) mass is 293 g/mol.